The van der Waals surface area contributed by atoms with E-state index in [4.69, 9.17) is 15.2 Å². The zero-order valence-electron chi connectivity index (χ0n) is 14.7. The quantitative estimate of drug-likeness (QED) is 0.646. The molecule has 0 spiro atoms. The van der Waals surface area contributed by atoms with Gasteiger partial charge in [-0.1, -0.05) is 6.07 Å². The maximum Gasteiger partial charge on any atom is 0.189 e. The van der Waals surface area contributed by atoms with Gasteiger partial charge < -0.3 is 20.5 Å². The first kappa shape index (κ1) is 17.4. The molecular formula is C18H29N3O2. The van der Waals surface area contributed by atoms with Crippen LogP contribution in [-0.4, -0.2) is 24.7 Å². The van der Waals surface area contributed by atoms with E-state index in [2.05, 4.69) is 31.1 Å². The summed E-state index contributed by atoms with van der Waals surface area (Å²) in [6.07, 6.45) is 5.02. The number of guanidine groups is 1. The van der Waals surface area contributed by atoms with Gasteiger partial charge in [-0.2, -0.15) is 0 Å². The number of ether oxygens (including phenoxy) is 2. The van der Waals surface area contributed by atoms with Gasteiger partial charge >= 0.3 is 0 Å². The zero-order chi connectivity index (χ0) is 16.9. The van der Waals surface area contributed by atoms with E-state index >= 15 is 0 Å². The van der Waals surface area contributed by atoms with Gasteiger partial charge in [0.15, 0.2) is 17.5 Å². The molecule has 1 aliphatic carbocycles. The molecule has 1 aromatic carbocycles. The average Bonchev–Trinajstić information content (AvgIpc) is 2.96. The lowest BCUT2D eigenvalue weighted by Crippen LogP contribution is -2.44. The van der Waals surface area contributed by atoms with Gasteiger partial charge in [0.1, 0.15) is 0 Å². The van der Waals surface area contributed by atoms with Crippen molar-refractivity contribution in [2.45, 2.75) is 64.6 Å². The van der Waals surface area contributed by atoms with Crippen molar-refractivity contribution in [1.82, 2.24) is 5.32 Å². The van der Waals surface area contributed by atoms with E-state index in [-0.39, 0.29) is 5.54 Å². The van der Waals surface area contributed by atoms with Gasteiger partial charge in [-0.3, -0.25) is 0 Å². The Balaban J connectivity index is 2.06. The molecule has 1 aromatic rings. The van der Waals surface area contributed by atoms with Gasteiger partial charge in [0.2, 0.25) is 0 Å². The topological polar surface area (TPSA) is 68.9 Å². The largest absolute Gasteiger partial charge is 0.493 e. The molecule has 1 aliphatic rings. The molecule has 0 unspecified atom stereocenters. The molecule has 0 radical (unpaired) electrons. The summed E-state index contributed by atoms with van der Waals surface area (Å²) < 4.78 is 11.5. The molecule has 0 atom stereocenters. The number of aliphatic imine (C=N–C) groups is 1. The summed E-state index contributed by atoms with van der Waals surface area (Å²) in [6, 6.07) is 5.93. The second kappa shape index (κ2) is 7.57. The molecule has 1 fully saturated rings. The maximum absolute atomic E-state index is 6.11. The second-order valence-electron chi connectivity index (χ2n) is 7.09. The smallest absolute Gasteiger partial charge is 0.189 e. The Morgan fingerprint density at radius 2 is 1.96 bits per heavy atom. The van der Waals surface area contributed by atoms with E-state index in [1.54, 1.807) is 7.11 Å². The summed E-state index contributed by atoms with van der Waals surface area (Å²) in [7, 11) is 1.67. The van der Waals surface area contributed by atoms with Crippen LogP contribution in [-0.2, 0) is 6.54 Å². The fourth-order valence-corrected chi connectivity index (χ4v) is 2.70. The van der Waals surface area contributed by atoms with Crippen LogP contribution in [0.15, 0.2) is 23.2 Å². The van der Waals surface area contributed by atoms with Crippen LogP contribution in [0.1, 0.15) is 52.0 Å². The fraction of sp³-hybridized carbons (Fsp3) is 0.611. The number of nitrogens with two attached hydrogens (primary N) is 1. The van der Waals surface area contributed by atoms with Crippen LogP contribution in [0.3, 0.4) is 0 Å². The Morgan fingerprint density at radius 1 is 1.26 bits per heavy atom. The Labute approximate surface area is 139 Å². The van der Waals surface area contributed by atoms with Crippen molar-refractivity contribution in [2.24, 2.45) is 10.7 Å². The SMILES string of the molecule is COc1ccc(CN=C(N)NC(C)(C)C)cc1OC1CCCC1. The zero-order valence-corrected chi connectivity index (χ0v) is 14.7. The van der Waals surface area contributed by atoms with Crippen molar-refractivity contribution in [2.75, 3.05) is 7.11 Å². The number of nitrogens with zero attached hydrogens (tertiary/aromatic N) is 1. The normalized spacial score (nSPS) is 16.4. The maximum atomic E-state index is 6.11. The third-order valence-electron chi connectivity index (χ3n) is 3.76. The monoisotopic (exact) mass is 319 g/mol. The highest BCUT2D eigenvalue weighted by Gasteiger charge is 2.18. The van der Waals surface area contributed by atoms with Gasteiger partial charge in [-0.05, 0) is 64.2 Å². The minimum absolute atomic E-state index is 0.0930. The average molecular weight is 319 g/mol. The molecule has 0 bridgehead atoms. The molecule has 3 N–H and O–H groups in total. The minimum atomic E-state index is -0.0930. The number of hydrogen-bond donors (Lipinski definition) is 2. The Bertz CT molecular complexity index is 544. The fourth-order valence-electron chi connectivity index (χ4n) is 2.70. The first-order chi connectivity index (χ1) is 10.9. The number of hydrogen-bond acceptors (Lipinski definition) is 3. The van der Waals surface area contributed by atoms with Gasteiger partial charge in [0.05, 0.1) is 19.8 Å². The number of benzene rings is 1. The summed E-state index contributed by atoms with van der Waals surface area (Å²) in [4.78, 5) is 4.40. The van der Waals surface area contributed by atoms with E-state index in [9.17, 15) is 0 Å². The third-order valence-corrected chi connectivity index (χ3v) is 3.76. The summed E-state index contributed by atoms with van der Waals surface area (Å²) in [5.41, 5.74) is 6.88. The molecule has 0 heterocycles. The van der Waals surface area contributed by atoms with E-state index in [1.165, 1.54) is 12.8 Å². The first-order valence-corrected chi connectivity index (χ1v) is 8.29. The molecule has 128 valence electrons. The Kier molecular flexibility index (Phi) is 5.74. The first-order valence-electron chi connectivity index (χ1n) is 8.29. The predicted octanol–water partition coefficient (Wildman–Crippen LogP) is 3.22. The molecule has 0 amide bonds. The molecule has 0 aliphatic heterocycles. The van der Waals surface area contributed by atoms with Crippen LogP contribution in [0, 0.1) is 0 Å². The van der Waals surface area contributed by atoms with E-state index < -0.39 is 0 Å². The molecule has 0 saturated heterocycles. The molecule has 2 rings (SSSR count). The molecule has 1 saturated carbocycles. The molecular weight excluding hydrogens is 290 g/mol. The highest BCUT2D eigenvalue weighted by molar-refractivity contribution is 5.78. The summed E-state index contributed by atoms with van der Waals surface area (Å²) in [6.45, 7) is 6.67. The number of rotatable bonds is 5. The molecule has 23 heavy (non-hydrogen) atoms. The van der Waals surface area contributed by atoms with E-state index in [0.29, 0.717) is 18.6 Å². The van der Waals surface area contributed by atoms with E-state index in [0.717, 1.165) is 29.9 Å². The van der Waals surface area contributed by atoms with Crippen LogP contribution in [0.4, 0.5) is 0 Å². The summed E-state index contributed by atoms with van der Waals surface area (Å²) in [5.74, 6) is 2.02. The summed E-state index contributed by atoms with van der Waals surface area (Å²) in [5, 5.41) is 3.16. The van der Waals surface area contributed by atoms with Crippen molar-refractivity contribution >= 4 is 5.96 Å². The highest BCUT2D eigenvalue weighted by atomic mass is 16.5. The summed E-state index contributed by atoms with van der Waals surface area (Å²) >= 11 is 0. The minimum Gasteiger partial charge on any atom is -0.493 e. The highest BCUT2D eigenvalue weighted by Crippen LogP contribution is 2.32. The standard InChI is InChI=1S/C18H29N3O2/c1-18(2,3)21-17(19)20-12-13-9-10-15(22-4)16(11-13)23-14-7-5-6-8-14/h9-11,14H,5-8,12H2,1-4H3,(H3,19,20,21). The predicted molar refractivity (Wildman–Crippen MR) is 94.1 cm³/mol. The lowest BCUT2D eigenvalue weighted by atomic mass is 10.1. The van der Waals surface area contributed by atoms with Gasteiger partial charge in [-0.15, -0.1) is 0 Å². The van der Waals surface area contributed by atoms with Crippen LogP contribution in [0.5, 0.6) is 11.5 Å². The van der Waals surface area contributed by atoms with Crippen molar-refractivity contribution in [1.29, 1.82) is 0 Å². The molecule has 5 nitrogen and oxygen atoms in total. The Morgan fingerprint density at radius 3 is 2.57 bits per heavy atom. The van der Waals surface area contributed by atoms with Crippen molar-refractivity contribution in [3.63, 3.8) is 0 Å². The number of nitrogens with one attached hydrogen (secondary N) is 1. The Hall–Kier alpha value is -1.91. The lowest BCUT2D eigenvalue weighted by Gasteiger charge is -2.21. The molecule has 0 aromatic heterocycles. The van der Waals surface area contributed by atoms with Gasteiger partial charge in [0.25, 0.3) is 0 Å². The van der Waals surface area contributed by atoms with Crippen LogP contribution >= 0.6 is 0 Å². The van der Waals surface area contributed by atoms with Crippen molar-refractivity contribution in [3.05, 3.63) is 23.8 Å². The lowest BCUT2D eigenvalue weighted by molar-refractivity contribution is 0.200. The second-order valence-corrected chi connectivity index (χ2v) is 7.09. The van der Waals surface area contributed by atoms with Crippen LogP contribution in [0.25, 0.3) is 0 Å². The molecule has 5 heteroatoms. The van der Waals surface area contributed by atoms with Crippen molar-refractivity contribution in [3.8, 4) is 11.5 Å². The van der Waals surface area contributed by atoms with Gasteiger partial charge in [0, 0.05) is 5.54 Å². The third kappa shape index (κ3) is 5.66. The van der Waals surface area contributed by atoms with Crippen LogP contribution < -0.4 is 20.5 Å². The van der Waals surface area contributed by atoms with Crippen molar-refractivity contribution < 1.29 is 9.47 Å². The van der Waals surface area contributed by atoms with Crippen LogP contribution in [0.2, 0.25) is 0 Å². The van der Waals surface area contributed by atoms with E-state index in [1.807, 2.05) is 18.2 Å². The number of methoxy groups -OCH3 is 1. The van der Waals surface area contributed by atoms with Gasteiger partial charge in [-0.25, -0.2) is 4.99 Å².